The summed E-state index contributed by atoms with van der Waals surface area (Å²) in [7, 11) is -3.90. The number of hydrogen-bond acceptors (Lipinski definition) is 7. The Labute approximate surface area is 215 Å². The molecule has 11 heteroatoms. The van der Waals surface area contributed by atoms with E-state index in [1.54, 1.807) is 78.6 Å². The first-order chi connectivity index (χ1) is 17.6. The number of anilines is 2. The zero-order valence-electron chi connectivity index (χ0n) is 20.3. The number of carbonyl (C=O) groups is 2. The monoisotopic (exact) mass is 523 g/mol. The molecule has 0 saturated heterocycles. The van der Waals surface area contributed by atoms with Crippen molar-refractivity contribution in [1.82, 2.24) is 0 Å². The minimum atomic E-state index is -3.90. The second-order valence-corrected chi connectivity index (χ2v) is 9.64. The molecule has 0 unspecified atom stereocenters. The van der Waals surface area contributed by atoms with Crippen LogP contribution in [0.4, 0.5) is 11.4 Å². The molecular weight excluding hydrogens is 494 g/mol. The van der Waals surface area contributed by atoms with Crippen molar-refractivity contribution in [2.24, 2.45) is 10.9 Å². The third-order valence-electron chi connectivity index (χ3n) is 5.42. The molecule has 6 N–H and O–H groups in total. The Balaban J connectivity index is 1.76. The van der Waals surface area contributed by atoms with Gasteiger partial charge in [-0.3, -0.25) is 15.0 Å². The number of rotatable bonds is 11. The van der Waals surface area contributed by atoms with Crippen LogP contribution in [0, 0.1) is 5.41 Å². The van der Waals surface area contributed by atoms with Crippen LogP contribution in [0.1, 0.15) is 18.9 Å². The molecule has 10 nitrogen and oxygen atoms in total. The van der Waals surface area contributed by atoms with Gasteiger partial charge in [-0.1, -0.05) is 42.5 Å². The molecule has 0 aliphatic carbocycles. The number of amides is 1. The zero-order valence-corrected chi connectivity index (χ0v) is 21.1. The van der Waals surface area contributed by atoms with E-state index in [0.717, 1.165) is 0 Å². The van der Waals surface area contributed by atoms with E-state index in [-0.39, 0.29) is 48.7 Å². The van der Waals surface area contributed by atoms with Gasteiger partial charge in [0, 0.05) is 29.0 Å². The molecule has 37 heavy (non-hydrogen) atoms. The Kier molecular flexibility index (Phi) is 8.99. The summed E-state index contributed by atoms with van der Waals surface area (Å²) in [6, 6.07) is 20.0. The Morgan fingerprint density at radius 1 is 1.03 bits per heavy atom. The first-order valence-corrected chi connectivity index (χ1v) is 13.0. The summed E-state index contributed by atoms with van der Waals surface area (Å²) in [5.41, 5.74) is 8.31. The number of nitrogen functional groups attached to an aromatic ring is 1. The van der Waals surface area contributed by atoms with Crippen LogP contribution < -0.4 is 21.1 Å². The lowest BCUT2D eigenvalue weighted by Crippen LogP contribution is -2.35. The van der Waals surface area contributed by atoms with E-state index in [1.807, 2.05) is 0 Å². The van der Waals surface area contributed by atoms with Crippen LogP contribution in [-0.4, -0.2) is 45.8 Å². The van der Waals surface area contributed by atoms with E-state index >= 15 is 0 Å². The van der Waals surface area contributed by atoms with Gasteiger partial charge in [0.1, 0.15) is 5.84 Å². The largest absolute Gasteiger partial charge is 0.466 e. The molecule has 0 aliphatic heterocycles. The zero-order chi connectivity index (χ0) is 27.0. The third-order valence-corrected chi connectivity index (χ3v) is 6.39. The van der Waals surface area contributed by atoms with Crippen LogP contribution in [0.2, 0.25) is 0 Å². The van der Waals surface area contributed by atoms with Crippen LogP contribution in [-0.2, 0) is 24.3 Å². The van der Waals surface area contributed by atoms with Crippen molar-refractivity contribution in [1.29, 1.82) is 5.41 Å². The molecule has 194 valence electrons. The highest BCUT2D eigenvalue weighted by Gasteiger charge is 2.17. The minimum absolute atomic E-state index is 0.0109. The van der Waals surface area contributed by atoms with Gasteiger partial charge < -0.3 is 20.7 Å². The predicted octanol–water partition coefficient (Wildman–Crippen LogP) is 2.68. The van der Waals surface area contributed by atoms with Gasteiger partial charge >= 0.3 is 5.97 Å². The fourth-order valence-corrected chi connectivity index (χ4v) is 4.45. The first kappa shape index (κ1) is 27.4. The molecule has 0 fully saturated rings. The van der Waals surface area contributed by atoms with Crippen molar-refractivity contribution in [3.63, 3.8) is 0 Å². The Hall–Kier alpha value is -4.22. The second-order valence-electron chi connectivity index (χ2n) is 8.11. The van der Waals surface area contributed by atoms with Gasteiger partial charge in [-0.05, 0) is 42.8 Å². The Morgan fingerprint density at radius 2 is 1.73 bits per heavy atom. The molecule has 3 aromatic rings. The number of ether oxygens (including phenoxy) is 1. The Bertz CT molecular complexity index is 1390. The lowest BCUT2D eigenvalue weighted by Gasteiger charge is -2.24. The van der Waals surface area contributed by atoms with E-state index < -0.39 is 10.0 Å². The molecule has 0 bridgehead atoms. The van der Waals surface area contributed by atoms with Crippen molar-refractivity contribution in [2.75, 3.05) is 29.9 Å². The number of primary sulfonamides is 1. The van der Waals surface area contributed by atoms with Gasteiger partial charge in [0.05, 0.1) is 24.5 Å². The third kappa shape index (κ3) is 7.63. The standard InChI is InChI=1S/C26H29N5O5S/c1-2-36-25(33)14-15-31(21-7-5-6-19(16-21)26(27)28)17-24(32)30-20-12-10-18(11-13-20)22-8-3-4-9-23(22)37(29,34)35/h3-13,16H,2,14-15,17H2,1H3,(H3,27,28)(H,30,32)(H2,29,34,35). The Morgan fingerprint density at radius 3 is 2.38 bits per heavy atom. The summed E-state index contributed by atoms with van der Waals surface area (Å²) in [4.78, 5) is 26.5. The average molecular weight is 524 g/mol. The quantitative estimate of drug-likeness (QED) is 0.170. The maximum absolute atomic E-state index is 12.9. The van der Waals surface area contributed by atoms with Crippen molar-refractivity contribution in [3.8, 4) is 11.1 Å². The highest BCUT2D eigenvalue weighted by Crippen LogP contribution is 2.27. The molecule has 0 spiro atoms. The molecule has 1 amide bonds. The maximum Gasteiger partial charge on any atom is 0.307 e. The molecule has 0 atom stereocenters. The number of nitrogens with zero attached hydrogens (tertiary/aromatic N) is 1. The smallest absolute Gasteiger partial charge is 0.307 e. The minimum Gasteiger partial charge on any atom is -0.466 e. The lowest BCUT2D eigenvalue weighted by atomic mass is 10.1. The normalized spacial score (nSPS) is 11.0. The number of esters is 1. The fraction of sp³-hybridized carbons (Fsp3) is 0.192. The van der Waals surface area contributed by atoms with E-state index in [2.05, 4.69) is 5.32 Å². The molecule has 0 aromatic heterocycles. The highest BCUT2D eigenvalue weighted by atomic mass is 32.2. The number of nitrogens with two attached hydrogens (primary N) is 2. The first-order valence-electron chi connectivity index (χ1n) is 11.5. The van der Waals surface area contributed by atoms with Crippen molar-refractivity contribution >= 4 is 39.1 Å². The summed E-state index contributed by atoms with van der Waals surface area (Å²) in [6.45, 7) is 2.13. The number of hydrogen-bond donors (Lipinski definition) is 4. The predicted molar refractivity (Wildman–Crippen MR) is 143 cm³/mol. The molecule has 0 radical (unpaired) electrons. The SMILES string of the molecule is CCOC(=O)CCN(CC(=O)Nc1ccc(-c2ccccc2S(N)(=O)=O)cc1)c1cccc(C(=N)N)c1. The lowest BCUT2D eigenvalue weighted by molar-refractivity contribution is -0.142. The van der Waals surface area contributed by atoms with Crippen molar-refractivity contribution in [2.45, 2.75) is 18.2 Å². The van der Waals surface area contributed by atoms with E-state index in [9.17, 15) is 18.0 Å². The van der Waals surface area contributed by atoms with E-state index in [1.165, 1.54) is 6.07 Å². The molecule has 0 aliphatic rings. The van der Waals surface area contributed by atoms with Crippen LogP contribution in [0.5, 0.6) is 0 Å². The molecular formula is C26H29N5O5S. The summed E-state index contributed by atoms with van der Waals surface area (Å²) >= 11 is 0. The van der Waals surface area contributed by atoms with Crippen LogP contribution in [0.3, 0.4) is 0 Å². The van der Waals surface area contributed by atoms with Crippen molar-refractivity contribution in [3.05, 3.63) is 78.4 Å². The summed E-state index contributed by atoms with van der Waals surface area (Å²) in [5.74, 6) is -0.832. The number of amidine groups is 1. The van der Waals surface area contributed by atoms with Gasteiger partial charge in [0.2, 0.25) is 15.9 Å². The number of sulfonamides is 1. The van der Waals surface area contributed by atoms with Crippen LogP contribution >= 0.6 is 0 Å². The van der Waals surface area contributed by atoms with Crippen LogP contribution in [0.25, 0.3) is 11.1 Å². The van der Waals surface area contributed by atoms with Gasteiger partial charge in [-0.15, -0.1) is 0 Å². The van der Waals surface area contributed by atoms with Crippen molar-refractivity contribution < 1.29 is 22.7 Å². The number of benzene rings is 3. The summed E-state index contributed by atoms with van der Waals surface area (Å²) in [5, 5.41) is 15.8. The van der Waals surface area contributed by atoms with E-state index in [0.29, 0.717) is 28.1 Å². The van der Waals surface area contributed by atoms with Crippen LogP contribution in [0.15, 0.2) is 77.7 Å². The topological polar surface area (TPSA) is 169 Å². The molecule has 3 aromatic carbocycles. The second kappa shape index (κ2) is 12.2. The van der Waals surface area contributed by atoms with Gasteiger partial charge in [0.15, 0.2) is 0 Å². The molecule has 0 heterocycles. The summed E-state index contributed by atoms with van der Waals surface area (Å²) < 4.78 is 28.8. The number of carbonyl (C=O) groups excluding carboxylic acids is 2. The fourth-order valence-electron chi connectivity index (χ4n) is 3.69. The van der Waals surface area contributed by atoms with Gasteiger partial charge in [0.25, 0.3) is 0 Å². The maximum atomic E-state index is 12.9. The highest BCUT2D eigenvalue weighted by molar-refractivity contribution is 7.89. The molecule has 0 saturated carbocycles. The van der Waals surface area contributed by atoms with Gasteiger partial charge in [-0.2, -0.15) is 0 Å². The van der Waals surface area contributed by atoms with E-state index in [4.69, 9.17) is 21.0 Å². The number of nitrogens with one attached hydrogen (secondary N) is 2. The van der Waals surface area contributed by atoms with Gasteiger partial charge in [-0.25, -0.2) is 13.6 Å². The average Bonchev–Trinajstić information content (AvgIpc) is 2.86. The summed E-state index contributed by atoms with van der Waals surface area (Å²) in [6.07, 6.45) is 0.0730. The molecule has 3 rings (SSSR count).